The van der Waals surface area contributed by atoms with Crippen LogP contribution >= 0.6 is 11.8 Å². The third-order valence-corrected chi connectivity index (χ3v) is 8.86. The minimum Gasteiger partial charge on any atom is -0.484 e. The van der Waals surface area contributed by atoms with Crippen molar-refractivity contribution in [3.63, 3.8) is 0 Å². The molecule has 1 atom stereocenters. The van der Waals surface area contributed by atoms with Crippen LogP contribution in [0, 0.1) is 19.3 Å². The first kappa shape index (κ1) is 23.2. The predicted molar refractivity (Wildman–Crippen MR) is 136 cm³/mol. The molecule has 1 aliphatic heterocycles. The molecule has 32 heavy (non-hydrogen) atoms. The second-order valence-corrected chi connectivity index (χ2v) is 11.1. The Kier molecular flexibility index (Phi) is 7.83. The molecule has 2 aliphatic rings. The lowest BCUT2D eigenvalue weighted by molar-refractivity contribution is -0.120. The normalized spacial score (nSPS) is 20.5. The first-order chi connectivity index (χ1) is 15.5. The number of hydrogen-bond donors (Lipinski definition) is 0. The maximum Gasteiger partial charge on any atom is 0.264 e. The van der Waals surface area contributed by atoms with Gasteiger partial charge in [0.25, 0.3) is 5.91 Å². The molecule has 1 heterocycles. The zero-order valence-corrected chi connectivity index (χ0v) is 20.5. The van der Waals surface area contributed by atoms with E-state index in [1.54, 1.807) is 0 Å². The topological polar surface area (TPSA) is 29.5 Å². The number of nitrogens with zero attached hydrogens (tertiary/aromatic N) is 1. The van der Waals surface area contributed by atoms with Gasteiger partial charge in [-0.05, 0) is 79.7 Å². The Labute approximate surface area is 197 Å². The quantitative estimate of drug-likeness (QED) is 0.476. The Morgan fingerprint density at radius 3 is 2.44 bits per heavy atom. The van der Waals surface area contributed by atoms with Crippen molar-refractivity contribution in [1.82, 2.24) is 0 Å². The van der Waals surface area contributed by atoms with Crippen molar-refractivity contribution in [2.75, 3.05) is 23.8 Å². The Morgan fingerprint density at radius 2 is 1.72 bits per heavy atom. The number of carbonyl (C=O) groups excluding carboxylic acids is 1. The molecule has 1 spiro atoms. The number of ether oxygens (including phenoxy) is 1. The Balaban J connectivity index is 1.43. The number of carbonyl (C=O) groups is 1. The van der Waals surface area contributed by atoms with Gasteiger partial charge in [0.15, 0.2) is 6.61 Å². The van der Waals surface area contributed by atoms with Gasteiger partial charge in [-0.2, -0.15) is 11.8 Å². The summed E-state index contributed by atoms with van der Waals surface area (Å²) in [6, 6.07) is 16.1. The summed E-state index contributed by atoms with van der Waals surface area (Å²) in [6.45, 7) is 5.00. The highest BCUT2D eigenvalue weighted by Crippen LogP contribution is 2.49. The van der Waals surface area contributed by atoms with Crippen LogP contribution in [-0.2, 0) is 4.79 Å². The van der Waals surface area contributed by atoms with Gasteiger partial charge in [0, 0.05) is 17.5 Å². The molecule has 0 bridgehead atoms. The van der Waals surface area contributed by atoms with Crippen molar-refractivity contribution in [3.8, 4) is 5.75 Å². The lowest BCUT2D eigenvalue weighted by Gasteiger charge is -2.31. The van der Waals surface area contributed by atoms with E-state index in [4.69, 9.17) is 4.74 Å². The van der Waals surface area contributed by atoms with Crippen LogP contribution in [-0.4, -0.2) is 30.1 Å². The molecule has 3 nitrogen and oxygen atoms in total. The monoisotopic (exact) mass is 451 g/mol. The summed E-state index contributed by atoms with van der Waals surface area (Å²) in [6.07, 6.45) is 10.9. The number of anilines is 1. The van der Waals surface area contributed by atoms with Gasteiger partial charge >= 0.3 is 0 Å². The molecule has 2 aromatic rings. The molecule has 2 aromatic carbocycles. The fourth-order valence-corrected chi connectivity index (χ4v) is 6.93. The van der Waals surface area contributed by atoms with Crippen molar-refractivity contribution in [2.45, 2.75) is 70.5 Å². The summed E-state index contributed by atoms with van der Waals surface area (Å²) < 4.78 is 5.91. The average molecular weight is 452 g/mol. The Bertz CT molecular complexity index is 890. The Morgan fingerprint density at radius 1 is 1.00 bits per heavy atom. The number of hydrogen-bond acceptors (Lipinski definition) is 3. The van der Waals surface area contributed by atoms with Crippen LogP contribution in [0.3, 0.4) is 0 Å². The largest absolute Gasteiger partial charge is 0.484 e. The fourth-order valence-electron chi connectivity index (χ4n) is 5.21. The molecule has 2 fully saturated rings. The van der Waals surface area contributed by atoms with Crippen LogP contribution in [0.2, 0.25) is 0 Å². The van der Waals surface area contributed by atoms with Crippen molar-refractivity contribution in [2.24, 2.45) is 5.41 Å². The molecule has 1 saturated heterocycles. The van der Waals surface area contributed by atoms with Gasteiger partial charge in [0.1, 0.15) is 5.75 Å². The summed E-state index contributed by atoms with van der Waals surface area (Å²) in [5, 5.41) is 0.500. The van der Waals surface area contributed by atoms with Crippen LogP contribution < -0.4 is 9.64 Å². The summed E-state index contributed by atoms with van der Waals surface area (Å²) in [7, 11) is 0. The lowest BCUT2D eigenvalue weighted by atomic mass is 9.75. The van der Waals surface area contributed by atoms with Crippen molar-refractivity contribution in [1.29, 1.82) is 0 Å². The summed E-state index contributed by atoms with van der Waals surface area (Å²) in [5.74, 6) is 2.06. The van der Waals surface area contributed by atoms with Crippen LogP contribution in [0.5, 0.6) is 5.75 Å². The van der Waals surface area contributed by atoms with Gasteiger partial charge in [-0.1, -0.05) is 56.4 Å². The minimum absolute atomic E-state index is 0.0358. The lowest BCUT2D eigenvalue weighted by Crippen LogP contribution is -2.39. The van der Waals surface area contributed by atoms with Crippen LogP contribution in [0.1, 0.15) is 62.5 Å². The summed E-state index contributed by atoms with van der Waals surface area (Å²) >= 11 is 2.09. The molecule has 4 heteroatoms. The Hall–Kier alpha value is -1.94. The molecule has 172 valence electrons. The average Bonchev–Trinajstić information content (AvgIpc) is 3.19. The zero-order valence-electron chi connectivity index (χ0n) is 19.6. The molecule has 1 unspecified atom stereocenters. The van der Waals surface area contributed by atoms with Crippen molar-refractivity contribution >= 4 is 23.4 Å². The first-order valence-corrected chi connectivity index (χ1v) is 13.3. The fraction of sp³-hybridized carbons (Fsp3) is 0.536. The van der Waals surface area contributed by atoms with Gasteiger partial charge in [-0.25, -0.2) is 0 Å². The maximum atomic E-state index is 13.3. The molecule has 1 saturated carbocycles. The van der Waals surface area contributed by atoms with Crippen LogP contribution in [0.15, 0.2) is 48.5 Å². The van der Waals surface area contributed by atoms with E-state index in [-0.39, 0.29) is 12.5 Å². The number of benzene rings is 2. The highest BCUT2D eigenvalue weighted by Gasteiger charge is 2.40. The molecular formula is C28H37NO2S. The van der Waals surface area contributed by atoms with Crippen molar-refractivity contribution in [3.05, 3.63) is 59.7 Å². The first-order valence-electron chi connectivity index (χ1n) is 12.2. The summed E-state index contributed by atoms with van der Waals surface area (Å²) in [4.78, 5) is 15.3. The highest BCUT2D eigenvalue weighted by atomic mass is 32.2. The zero-order chi connectivity index (χ0) is 22.4. The molecule has 0 radical (unpaired) electrons. The second-order valence-electron chi connectivity index (χ2n) is 9.78. The number of aryl methyl sites for hydroxylation is 2. The molecule has 0 aromatic heterocycles. The molecule has 1 amide bonds. The van der Waals surface area contributed by atoms with Gasteiger partial charge in [-0.15, -0.1) is 0 Å². The third-order valence-electron chi connectivity index (χ3n) is 7.30. The predicted octanol–water partition coefficient (Wildman–Crippen LogP) is 6.95. The number of amides is 1. The summed E-state index contributed by atoms with van der Waals surface area (Å²) in [5.41, 5.74) is 3.88. The van der Waals surface area contributed by atoms with E-state index in [0.717, 1.165) is 18.0 Å². The second kappa shape index (κ2) is 10.8. The van der Waals surface area contributed by atoms with Gasteiger partial charge in [0.05, 0.1) is 0 Å². The van der Waals surface area contributed by atoms with E-state index in [2.05, 4.69) is 25.6 Å². The van der Waals surface area contributed by atoms with E-state index in [9.17, 15) is 4.79 Å². The minimum atomic E-state index is 0.0358. The van der Waals surface area contributed by atoms with E-state index in [1.165, 1.54) is 68.2 Å². The van der Waals surface area contributed by atoms with E-state index in [1.807, 2.05) is 53.4 Å². The molecule has 1 aliphatic carbocycles. The van der Waals surface area contributed by atoms with Gasteiger partial charge in [-0.3, -0.25) is 4.79 Å². The number of para-hydroxylation sites is 1. The number of rotatable bonds is 6. The van der Waals surface area contributed by atoms with Gasteiger partial charge in [0.2, 0.25) is 0 Å². The maximum absolute atomic E-state index is 13.3. The highest BCUT2D eigenvalue weighted by molar-refractivity contribution is 8.00. The molecule has 4 rings (SSSR count). The number of thioether (sulfide) groups is 1. The molecular weight excluding hydrogens is 414 g/mol. The smallest absolute Gasteiger partial charge is 0.264 e. The SMILES string of the molecule is Cc1ccc(OCC(=O)N(CC2CC3(CCCCCCC3)CS2)c2ccccc2)cc1C. The third kappa shape index (κ3) is 5.89. The van der Waals surface area contributed by atoms with Crippen molar-refractivity contribution < 1.29 is 9.53 Å². The molecule has 0 N–H and O–H groups in total. The van der Waals surface area contributed by atoms with Crippen LogP contribution in [0.25, 0.3) is 0 Å². The van der Waals surface area contributed by atoms with E-state index in [0.29, 0.717) is 10.7 Å². The van der Waals surface area contributed by atoms with E-state index < -0.39 is 0 Å². The van der Waals surface area contributed by atoms with E-state index >= 15 is 0 Å². The van der Waals surface area contributed by atoms with Crippen LogP contribution in [0.4, 0.5) is 5.69 Å². The van der Waals surface area contributed by atoms with Gasteiger partial charge < -0.3 is 9.64 Å². The standard InChI is InChI=1S/C28H37NO2S/c1-22-13-14-25(17-23(22)2)31-20-27(30)29(24-11-7-6-8-12-24)19-26-18-28(21-32-26)15-9-4-3-5-10-16-28/h6-8,11-14,17,26H,3-5,9-10,15-16,18-21H2,1-2H3.